The van der Waals surface area contributed by atoms with Crippen LogP contribution in [0.3, 0.4) is 0 Å². The van der Waals surface area contributed by atoms with E-state index < -0.39 is 11.6 Å². The number of benzene rings is 2. The summed E-state index contributed by atoms with van der Waals surface area (Å²) in [5, 5.41) is 0. The SMILES string of the molecule is COc1ccc(F)c(-n2c(CCl)nc3c(F)cccc32)c1. The molecule has 0 bridgehead atoms. The second kappa shape index (κ2) is 5.33. The Labute approximate surface area is 124 Å². The molecular weight excluding hydrogens is 298 g/mol. The molecule has 2 aromatic carbocycles. The zero-order valence-corrected chi connectivity index (χ0v) is 11.9. The van der Waals surface area contributed by atoms with Gasteiger partial charge in [-0.15, -0.1) is 11.6 Å². The van der Waals surface area contributed by atoms with E-state index in [1.54, 1.807) is 12.1 Å². The minimum atomic E-state index is -0.471. The first kappa shape index (κ1) is 13.8. The van der Waals surface area contributed by atoms with Gasteiger partial charge in [0.1, 0.15) is 22.9 Å². The lowest BCUT2D eigenvalue weighted by Crippen LogP contribution is -2.02. The van der Waals surface area contributed by atoms with E-state index in [0.29, 0.717) is 17.1 Å². The van der Waals surface area contributed by atoms with Gasteiger partial charge in [0.05, 0.1) is 24.2 Å². The number of hydrogen-bond donors (Lipinski definition) is 0. The van der Waals surface area contributed by atoms with Gasteiger partial charge in [-0.3, -0.25) is 4.57 Å². The van der Waals surface area contributed by atoms with Gasteiger partial charge < -0.3 is 4.74 Å². The van der Waals surface area contributed by atoms with Gasteiger partial charge in [0.25, 0.3) is 0 Å². The van der Waals surface area contributed by atoms with Crippen LogP contribution in [0.15, 0.2) is 36.4 Å². The average molecular weight is 309 g/mol. The summed E-state index contributed by atoms with van der Waals surface area (Å²) in [6.45, 7) is 0. The molecule has 0 aliphatic rings. The van der Waals surface area contributed by atoms with Crippen LogP contribution in [0.5, 0.6) is 5.75 Å². The largest absolute Gasteiger partial charge is 0.497 e. The van der Waals surface area contributed by atoms with E-state index in [-0.39, 0.29) is 17.1 Å². The highest BCUT2D eigenvalue weighted by Crippen LogP contribution is 2.28. The zero-order valence-electron chi connectivity index (χ0n) is 11.1. The Morgan fingerprint density at radius 3 is 2.71 bits per heavy atom. The average Bonchev–Trinajstić information content (AvgIpc) is 2.88. The van der Waals surface area contributed by atoms with Crippen LogP contribution in [-0.2, 0) is 5.88 Å². The first-order chi connectivity index (χ1) is 10.2. The first-order valence-corrected chi connectivity index (χ1v) is 6.75. The Bertz CT molecular complexity index is 817. The van der Waals surface area contributed by atoms with Crippen LogP contribution in [0.4, 0.5) is 8.78 Å². The molecule has 0 radical (unpaired) electrons. The van der Waals surface area contributed by atoms with Crippen molar-refractivity contribution in [2.45, 2.75) is 5.88 Å². The smallest absolute Gasteiger partial charge is 0.151 e. The number of fused-ring (bicyclic) bond motifs is 1. The number of nitrogens with zero attached hydrogens (tertiary/aromatic N) is 2. The van der Waals surface area contributed by atoms with Gasteiger partial charge >= 0.3 is 0 Å². The predicted molar refractivity (Wildman–Crippen MR) is 77.1 cm³/mol. The van der Waals surface area contributed by atoms with Crippen LogP contribution in [0.2, 0.25) is 0 Å². The fourth-order valence-electron chi connectivity index (χ4n) is 2.26. The standard InChI is InChI=1S/C15H11ClF2N2O/c1-21-9-5-6-10(17)13(7-9)20-12-4-2-3-11(18)15(12)19-14(20)8-16/h2-7H,8H2,1H3. The predicted octanol–water partition coefficient (Wildman–Crippen LogP) is 4.05. The number of halogens is 3. The van der Waals surface area contributed by atoms with Crippen LogP contribution in [-0.4, -0.2) is 16.7 Å². The lowest BCUT2D eigenvalue weighted by atomic mass is 10.2. The summed E-state index contributed by atoms with van der Waals surface area (Å²) in [5.41, 5.74) is 0.839. The molecule has 21 heavy (non-hydrogen) atoms. The third-order valence-electron chi connectivity index (χ3n) is 3.22. The second-order valence-corrected chi connectivity index (χ2v) is 4.69. The second-order valence-electron chi connectivity index (χ2n) is 4.42. The molecule has 3 rings (SSSR count). The lowest BCUT2D eigenvalue weighted by Gasteiger charge is -2.10. The van der Waals surface area contributed by atoms with Gasteiger partial charge in [-0.05, 0) is 24.3 Å². The molecule has 3 aromatic rings. The van der Waals surface area contributed by atoms with Gasteiger partial charge in [-0.25, -0.2) is 13.8 Å². The molecule has 0 N–H and O–H groups in total. The van der Waals surface area contributed by atoms with Crippen LogP contribution in [0.25, 0.3) is 16.7 Å². The molecule has 1 aromatic heterocycles. The van der Waals surface area contributed by atoms with Gasteiger partial charge in [-0.2, -0.15) is 0 Å². The van der Waals surface area contributed by atoms with Crippen LogP contribution in [0, 0.1) is 11.6 Å². The van der Waals surface area contributed by atoms with Crippen LogP contribution < -0.4 is 4.74 Å². The number of imidazole rings is 1. The highest BCUT2D eigenvalue weighted by atomic mass is 35.5. The van der Waals surface area contributed by atoms with Crippen molar-refractivity contribution in [1.29, 1.82) is 0 Å². The Morgan fingerprint density at radius 2 is 2.00 bits per heavy atom. The van der Waals surface area contributed by atoms with Crippen molar-refractivity contribution in [3.8, 4) is 11.4 Å². The maximum absolute atomic E-state index is 14.2. The summed E-state index contributed by atoms with van der Waals surface area (Å²) in [7, 11) is 1.49. The van der Waals surface area contributed by atoms with Crippen LogP contribution >= 0.6 is 11.6 Å². The third kappa shape index (κ3) is 2.23. The molecule has 6 heteroatoms. The van der Waals surface area contributed by atoms with Crippen LogP contribution in [0.1, 0.15) is 5.82 Å². The van der Waals surface area contributed by atoms with E-state index in [2.05, 4.69) is 4.98 Å². The van der Waals surface area contributed by atoms with Crippen molar-refractivity contribution in [3.63, 3.8) is 0 Å². The van der Waals surface area contributed by atoms with Crippen molar-refractivity contribution >= 4 is 22.6 Å². The number of aromatic nitrogens is 2. The van der Waals surface area contributed by atoms with Gasteiger partial charge in [0, 0.05) is 6.07 Å². The molecular formula is C15H11ClF2N2O. The number of ether oxygens (including phenoxy) is 1. The molecule has 0 amide bonds. The topological polar surface area (TPSA) is 27.1 Å². The molecule has 0 aliphatic heterocycles. The zero-order chi connectivity index (χ0) is 15.0. The number of hydrogen-bond acceptors (Lipinski definition) is 2. The summed E-state index contributed by atoms with van der Waals surface area (Å²) in [6.07, 6.45) is 0. The molecule has 108 valence electrons. The molecule has 0 fully saturated rings. The highest BCUT2D eigenvalue weighted by molar-refractivity contribution is 6.17. The quantitative estimate of drug-likeness (QED) is 0.683. The molecule has 3 nitrogen and oxygen atoms in total. The summed E-state index contributed by atoms with van der Waals surface area (Å²) >= 11 is 5.87. The fraction of sp³-hybridized carbons (Fsp3) is 0.133. The number of rotatable bonds is 3. The fourth-order valence-corrected chi connectivity index (χ4v) is 2.44. The highest BCUT2D eigenvalue weighted by Gasteiger charge is 2.17. The monoisotopic (exact) mass is 308 g/mol. The minimum Gasteiger partial charge on any atom is -0.497 e. The number of alkyl halides is 1. The van der Waals surface area contributed by atoms with Crippen molar-refractivity contribution in [1.82, 2.24) is 9.55 Å². The molecule has 0 spiro atoms. The normalized spacial score (nSPS) is 11.0. The summed E-state index contributed by atoms with van der Waals surface area (Å²) in [4.78, 5) is 4.15. The third-order valence-corrected chi connectivity index (χ3v) is 3.46. The maximum atomic E-state index is 14.2. The molecule has 0 aliphatic carbocycles. The van der Waals surface area contributed by atoms with E-state index in [1.165, 1.54) is 35.9 Å². The van der Waals surface area contributed by atoms with Crippen molar-refractivity contribution in [2.24, 2.45) is 0 Å². The van der Waals surface area contributed by atoms with Gasteiger partial charge in [-0.1, -0.05) is 6.07 Å². The Morgan fingerprint density at radius 1 is 1.19 bits per heavy atom. The van der Waals surface area contributed by atoms with E-state index in [0.717, 1.165) is 0 Å². The van der Waals surface area contributed by atoms with E-state index in [4.69, 9.17) is 16.3 Å². The molecule has 0 unspecified atom stereocenters. The van der Waals surface area contributed by atoms with Crippen molar-refractivity contribution < 1.29 is 13.5 Å². The lowest BCUT2D eigenvalue weighted by molar-refractivity contribution is 0.413. The minimum absolute atomic E-state index is 0.0325. The van der Waals surface area contributed by atoms with E-state index in [9.17, 15) is 8.78 Å². The summed E-state index contributed by atoms with van der Waals surface area (Å²) in [5.74, 6) is -0.0501. The molecule has 0 atom stereocenters. The summed E-state index contributed by atoms with van der Waals surface area (Å²) < 4.78 is 34.6. The first-order valence-electron chi connectivity index (χ1n) is 6.21. The Kier molecular flexibility index (Phi) is 3.51. The Hall–Kier alpha value is -2.14. The van der Waals surface area contributed by atoms with Gasteiger partial charge in [0.2, 0.25) is 0 Å². The van der Waals surface area contributed by atoms with Crippen molar-refractivity contribution in [2.75, 3.05) is 7.11 Å². The maximum Gasteiger partial charge on any atom is 0.151 e. The van der Waals surface area contributed by atoms with E-state index >= 15 is 0 Å². The summed E-state index contributed by atoms with van der Waals surface area (Å²) in [6, 6.07) is 8.85. The number of para-hydroxylation sites is 1. The number of methoxy groups -OCH3 is 1. The molecule has 0 saturated heterocycles. The van der Waals surface area contributed by atoms with Crippen molar-refractivity contribution in [3.05, 3.63) is 53.9 Å². The molecule has 0 saturated carbocycles. The Balaban J connectivity index is 2.36. The van der Waals surface area contributed by atoms with Gasteiger partial charge in [0.15, 0.2) is 5.82 Å². The molecule has 1 heterocycles. The van der Waals surface area contributed by atoms with E-state index in [1.807, 2.05) is 0 Å².